The van der Waals surface area contributed by atoms with E-state index in [0.29, 0.717) is 55.7 Å². The zero-order chi connectivity index (χ0) is 33.2. The molecule has 9 heteroatoms. The highest BCUT2D eigenvalue weighted by Crippen LogP contribution is 2.48. The van der Waals surface area contributed by atoms with Crippen molar-refractivity contribution >= 4 is 17.8 Å². The maximum absolute atomic E-state index is 14.1. The average molecular weight is 641 g/mol. The minimum absolute atomic E-state index is 0.0415. The van der Waals surface area contributed by atoms with Gasteiger partial charge in [-0.1, -0.05) is 84.9 Å². The van der Waals surface area contributed by atoms with Crippen molar-refractivity contribution in [2.45, 2.75) is 37.3 Å². The summed E-state index contributed by atoms with van der Waals surface area (Å²) in [5, 5.41) is 0. The Morgan fingerprint density at radius 3 is 2.09 bits per heavy atom. The lowest BCUT2D eigenvalue weighted by atomic mass is 9.63. The number of fused-ring (bicyclic) bond motifs is 1. The number of halogens is 3. The number of rotatable bonds is 6. The van der Waals surface area contributed by atoms with Gasteiger partial charge < -0.3 is 14.5 Å². The van der Waals surface area contributed by atoms with Gasteiger partial charge in [-0.25, -0.2) is 0 Å². The van der Waals surface area contributed by atoms with Crippen molar-refractivity contribution in [1.29, 1.82) is 0 Å². The molecule has 1 aliphatic heterocycles. The molecule has 47 heavy (non-hydrogen) atoms. The lowest BCUT2D eigenvalue weighted by Crippen LogP contribution is -2.52. The summed E-state index contributed by atoms with van der Waals surface area (Å²) in [4.78, 5) is 44.9. The van der Waals surface area contributed by atoms with Gasteiger partial charge in [-0.15, -0.1) is 0 Å². The Hall–Kier alpha value is -4.92. The number of piperazine rings is 1. The molecule has 2 amide bonds. The minimum Gasteiger partial charge on any atom is -0.465 e. The van der Waals surface area contributed by atoms with E-state index in [1.54, 1.807) is 41.0 Å². The maximum Gasteiger partial charge on any atom is 0.416 e. The molecule has 6 rings (SSSR count). The van der Waals surface area contributed by atoms with E-state index in [9.17, 15) is 27.6 Å². The van der Waals surface area contributed by atoms with Crippen molar-refractivity contribution in [3.8, 4) is 11.1 Å². The SMILES string of the molecule is CCOC(=O)[C@]1(c2ccccc2)CCC(C(=O)N2CCN(C(=O)c3ccccc3-c3ccc(C(F)(F)F)cc3)CC2)c2ccccc21. The molecular weight excluding hydrogens is 605 g/mol. The second-order valence-electron chi connectivity index (χ2n) is 11.9. The molecule has 1 heterocycles. The van der Waals surface area contributed by atoms with E-state index in [1.807, 2.05) is 54.6 Å². The van der Waals surface area contributed by atoms with Crippen molar-refractivity contribution in [2.75, 3.05) is 32.8 Å². The van der Waals surface area contributed by atoms with Crippen LogP contribution in [0.4, 0.5) is 13.2 Å². The quantitative estimate of drug-likeness (QED) is 0.211. The van der Waals surface area contributed by atoms with Gasteiger partial charge in [0, 0.05) is 31.7 Å². The highest BCUT2D eigenvalue weighted by molar-refractivity contribution is 6.01. The van der Waals surface area contributed by atoms with E-state index in [1.165, 1.54) is 12.1 Å². The van der Waals surface area contributed by atoms with E-state index in [-0.39, 0.29) is 24.4 Å². The van der Waals surface area contributed by atoms with Crippen LogP contribution in [0.5, 0.6) is 0 Å². The third-order valence-corrected chi connectivity index (χ3v) is 9.35. The molecule has 4 aromatic carbocycles. The zero-order valence-corrected chi connectivity index (χ0v) is 26.0. The molecule has 0 aromatic heterocycles. The van der Waals surface area contributed by atoms with Crippen LogP contribution in [-0.2, 0) is 25.9 Å². The molecule has 1 saturated heterocycles. The molecule has 1 unspecified atom stereocenters. The summed E-state index contributed by atoms with van der Waals surface area (Å²) in [5.41, 5.74) is 2.11. The summed E-state index contributed by atoms with van der Waals surface area (Å²) >= 11 is 0. The minimum atomic E-state index is -4.45. The van der Waals surface area contributed by atoms with E-state index in [2.05, 4.69) is 0 Å². The predicted octanol–water partition coefficient (Wildman–Crippen LogP) is 7.08. The number of hydrogen-bond donors (Lipinski definition) is 0. The second-order valence-corrected chi connectivity index (χ2v) is 11.9. The van der Waals surface area contributed by atoms with Gasteiger partial charge >= 0.3 is 12.1 Å². The van der Waals surface area contributed by atoms with Gasteiger partial charge in [0.25, 0.3) is 5.91 Å². The van der Waals surface area contributed by atoms with Gasteiger partial charge in [0.15, 0.2) is 0 Å². The van der Waals surface area contributed by atoms with Crippen molar-refractivity contribution < 1.29 is 32.3 Å². The Kier molecular flexibility index (Phi) is 8.90. The van der Waals surface area contributed by atoms with Gasteiger partial charge in [0.2, 0.25) is 5.91 Å². The van der Waals surface area contributed by atoms with Crippen molar-refractivity contribution in [3.05, 3.63) is 131 Å². The number of amides is 2. The number of benzene rings is 4. The standard InChI is InChI=1S/C38H35F3N2O4/c1-2-47-36(46)37(27-10-4-3-5-11-27)21-20-32(30-13-8-9-15-33(30)37)35(45)43-24-22-42(23-25-43)34(44)31-14-7-6-12-29(31)26-16-18-28(19-17-26)38(39,40)41/h3-19,32H,2,20-25H2,1H3/t32?,37-/m0/s1. The third kappa shape index (κ3) is 6.02. The number of alkyl halides is 3. The maximum atomic E-state index is 14.1. The van der Waals surface area contributed by atoms with Crippen molar-refractivity contribution in [2.24, 2.45) is 0 Å². The van der Waals surface area contributed by atoms with E-state index in [0.717, 1.165) is 28.8 Å². The normalized spacial score (nSPS) is 19.5. The van der Waals surface area contributed by atoms with Gasteiger partial charge in [-0.2, -0.15) is 13.2 Å². The number of nitrogens with zero attached hydrogens (tertiary/aromatic N) is 2. The zero-order valence-electron chi connectivity index (χ0n) is 26.0. The van der Waals surface area contributed by atoms with Gasteiger partial charge in [0.05, 0.1) is 18.1 Å². The van der Waals surface area contributed by atoms with Gasteiger partial charge in [-0.05, 0) is 65.8 Å². The topological polar surface area (TPSA) is 66.9 Å². The Labute approximate surface area is 271 Å². The predicted molar refractivity (Wildman–Crippen MR) is 172 cm³/mol. The fourth-order valence-corrected chi connectivity index (χ4v) is 6.98. The van der Waals surface area contributed by atoms with Crippen LogP contribution in [0, 0.1) is 0 Å². The van der Waals surface area contributed by atoms with Gasteiger partial charge in [-0.3, -0.25) is 14.4 Å². The van der Waals surface area contributed by atoms with E-state index in [4.69, 9.17) is 4.74 Å². The molecule has 0 spiro atoms. The smallest absolute Gasteiger partial charge is 0.416 e. The first-order valence-electron chi connectivity index (χ1n) is 15.8. The summed E-state index contributed by atoms with van der Waals surface area (Å²) in [6.45, 7) is 3.35. The van der Waals surface area contributed by atoms with Crippen LogP contribution in [0.1, 0.15) is 58.3 Å². The molecular formula is C38H35F3N2O4. The number of carbonyl (C=O) groups is 3. The highest BCUT2D eigenvalue weighted by Gasteiger charge is 2.50. The monoisotopic (exact) mass is 640 g/mol. The fraction of sp³-hybridized carbons (Fsp3) is 0.289. The summed E-state index contributed by atoms with van der Waals surface area (Å²) in [6.07, 6.45) is -3.57. The Bertz CT molecular complexity index is 1770. The summed E-state index contributed by atoms with van der Waals surface area (Å²) in [6, 6.07) is 28.8. The van der Waals surface area contributed by atoms with E-state index < -0.39 is 23.1 Å². The molecule has 2 aliphatic rings. The summed E-state index contributed by atoms with van der Waals surface area (Å²) < 4.78 is 44.9. The molecule has 0 saturated carbocycles. The van der Waals surface area contributed by atoms with Crippen LogP contribution in [0.3, 0.4) is 0 Å². The number of esters is 1. The molecule has 0 radical (unpaired) electrons. The van der Waals surface area contributed by atoms with E-state index >= 15 is 0 Å². The van der Waals surface area contributed by atoms with Crippen molar-refractivity contribution in [1.82, 2.24) is 9.80 Å². The number of carbonyl (C=O) groups excluding carboxylic acids is 3. The molecule has 4 aromatic rings. The Morgan fingerprint density at radius 2 is 1.40 bits per heavy atom. The van der Waals surface area contributed by atoms with Crippen LogP contribution < -0.4 is 0 Å². The van der Waals surface area contributed by atoms with Crippen LogP contribution in [-0.4, -0.2) is 60.4 Å². The largest absolute Gasteiger partial charge is 0.465 e. The second kappa shape index (κ2) is 13.1. The van der Waals surface area contributed by atoms with Crippen LogP contribution in [0.15, 0.2) is 103 Å². The summed E-state index contributed by atoms with van der Waals surface area (Å²) in [5.74, 6) is -1.05. The van der Waals surface area contributed by atoms with Crippen molar-refractivity contribution in [3.63, 3.8) is 0 Å². The third-order valence-electron chi connectivity index (χ3n) is 9.35. The number of ether oxygens (including phenoxy) is 1. The average Bonchev–Trinajstić information content (AvgIpc) is 3.11. The highest BCUT2D eigenvalue weighted by atomic mass is 19.4. The lowest BCUT2D eigenvalue weighted by Gasteiger charge is -2.42. The first-order chi connectivity index (χ1) is 22.6. The first kappa shape index (κ1) is 32.0. The van der Waals surface area contributed by atoms with Crippen LogP contribution in [0.2, 0.25) is 0 Å². The van der Waals surface area contributed by atoms with Crippen LogP contribution in [0.25, 0.3) is 11.1 Å². The molecule has 1 fully saturated rings. The Balaban J connectivity index is 1.20. The first-order valence-corrected chi connectivity index (χ1v) is 15.8. The molecule has 242 valence electrons. The molecule has 0 N–H and O–H groups in total. The molecule has 1 aliphatic carbocycles. The summed E-state index contributed by atoms with van der Waals surface area (Å²) in [7, 11) is 0. The lowest BCUT2D eigenvalue weighted by molar-refractivity contribution is -0.149. The van der Waals surface area contributed by atoms with Gasteiger partial charge in [0.1, 0.15) is 5.41 Å². The fourth-order valence-electron chi connectivity index (χ4n) is 6.98. The molecule has 6 nitrogen and oxygen atoms in total. The molecule has 2 atom stereocenters. The Morgan fingerprint density at radius 1 is 0.787 bits per heavy atom. The van der Waals surface area contributed by atoms with Crippen LogP contribution >= 0.6 is 0 Å². The number of hydrogen-bond acceptors (Lipinski definition) is 4. The molecule has 0 bridgehead atoms.